The van der Waals surface area contributed by atoms with Crippen molar-refractivity contribution in [2.24, 2.45) is 0 Å². The molecule has 2 N–H and O–H groups in total. The number of anilines is 2. The number of amides is 1. The number of hydrogen-bond donors (Lipinski definition) is 2. The molecule has 2 aromatic carbocycles. The largest absolute Gasteiger partial charge is 0.372 e. The molecule has 2 aliphatic rings. The van der Waals surface area contributed by atoms with Crippen LogP contribution in [0.1, 0.15) is 48.9 Å². The monoisotopic (exact) mass is 383 g/mol. The number of piperidine rings is 2. The van der Waals surface area contributed by atoms with Crippen LogP contribution in [0.2, 0.25) is 0 Å². The summed E-state index contributed by atoms with van der Waals surface area (Å²) in [5.41, 5.74) is 2.36. The van der Waals surface area contributed by atoms with Crippen molar-refractivity contribution < 1.29 is 9.18 Å². The number of carbonyl (C=O) groups excluding carboxylic acids is 1. The molecule has 28 heavy (non-hydrogen) atoms. The molecule has 5 heteroatoms. The second kappa shape index (κ2) is 10.8. The van der Waals surface area contributed by atoms with E-state index in [1.54, 1.807) is 12.1 Å². The van der Waals surface area contributed by atoms with Gasteiger partial charge in [0.15, 0.2) is 0 Å². The molecule has 0 radical (unpaired) electrons. The standard InChI is InChI=1S/C18H19FN2O.C5H11N/c19-15-6-8-16(9-7-15)20-18(22)14-4-10-17(11-5-14)21-12-2-1-3-13-21;1-2-4-6-5-3-1/h4-11H,1-3,12-13H2,(H,20,22);6H,1-5H2. The number of nitrogens with one attached hydrogen (secondary N) is 2. The van der Waals surface area contributed by atoms with Gasteiger partial charge in [-0.3, -0.25) is 4.79 Å². The minimum Gasteiger partial charge on any atom is -0.372 e. The van der Waals surface area contributed by atoms with Crippen LogP contribution in [0, 0.1) is 5.82 Å². The quantitative estimate of drug-likeness (QED) is 0.798. The van der Waals surface area contributed by atoms with Gasteiger partial charge in [0.1, 0.15) is 5.82 Å². The topological polar surface area (TPSA) is 44.4 Å². The lowest BCUT2D eigenvalue weighted by molar-refractivity contribution is 0.102. The predicted molar refractivity (Wildman–Crippen MR) is 114 cm³/mol. The maximum Gasteiger partial charge on any atom is 0.255 e. The lowest BCUT2D eigenvalue weighted by Gasteiger charge is -2.28. The molecular formula is C23H30FN3O. The highest BCUT2D eigenvalue weighted by atomic mass is 19.1. The molecule has 1 amide bonds. The number of carbonyl (C=O) groups is 1. The van der Waals surface area contributed by atoms with Gasteiger partial charge in [-0.2, -0.15) is 0 Å². The molecule has 2 saturated heterocycles. The normalized spacial score (nSPS) is 16.7. The van der Waals surface area contributed by atoms with E-state index in [9.17, 15) is 9.18 Å². The molecule has 0 saturated carbocycles. The zero-order valence-electron chi connectivity index (χ0n) is 16.4. The average molecular weight is 384 g/mol. The van der Waals surface area contributed by atoms with Gasteiger partial charge in [-0.05, 0) is 93.7 Å². The summed E-state index contributed by atoms with van der Waals surface area (Å²) < 4.78 is 12.9. The zero-order chi connectivity index (χ0) is 19.6. The van der Waals surface area contributed by atoms with Gasteiger partial charge in [0, 0.05) is 30.0 Å². The summed E-state index contributed by atoms with van der Waals surface area (Å²) in [4.78, 5) is 14.5. The van der Waals surface area contributed by atoms with Crippen LogP contribution in [0.15, 0.2) is 48.5 Å². The van der Waals surface area contributed by atoms with Crippen molar-refractivity contribution >= 4 is 17.3 Å². The van der Waals surface area contributed by atoms with E-state index < -0.39 is 0 Å². The zero-order valence-corrected chi connectivity index (χ0v) is 16.4. The summed E-state index contributed by atoms with van der Waals surface area (Å²) in [7, 11) is 0. The smallest absolute Gasteiger partial charge is 0.255 e. The molecule has 4 rings (SSSR count). The molecule has 2 aliphatic heterocycles. The van der Waals surface area contributed by atoms with Crippen LogP contribution in [0.25, 0.3) is 0 Å². The molecule has 0 atom stereocenters. The first kappa shape index (κ1) is 20.3. The van der Waals surface area contributed by atoms with Crippen molar-refractivity contribution in [3.63, 3.8) is 0 Å². The van der Waals surface area contributed by atoms with E-state index in [1.165, 1.54) is 63.7 Å². The third kappa shape index (κ3) is 6.34. The molecule has 2 heterocycles. The molecule has 0 unspecified atom stereocenters. The number of halogens is 1. The highest BCUT2D eigenvalue weighted by Crippen LogP contribution is 2.20. The Morgan fingerprint density at radius 3 is 1.96 bits per heavy atom. The van der Waals surface area contributed by atoms with E-state index in [0.717, 1.165) is 18.8 Å². The predicted octanol–water partition coefficient (Wildman–Crippen LogP) is 4.83. The Kier molecular flexibility index (Phi) is 7.85. The Labute approximate surface area is 167 Å². The summed E-state index contributed by atoms with van der Waals surface area (Å²) in [6.07, 6.45) is 7.97. The molecule has 150 valence electrons. The lowest BCUT2D eigenvalue weighted by Crippen LogP contribution is -2.29. The fourth-order valence-corrected chi connectivity index (χ4v) is 3.51. The van der Waals surface area contributed by atoms with Crippen molar-refractivity contribution in [2.45, 2.75) is 38.5 Å². The van der Waals surface area contributed by atoms with Crippen LogP contribution in [-0.4, -0.2) is 32.1 Å². The Bertz CT molecular complexity index is 709. The molecule has 4 nitrogen and oxygen atoms in total. The highest BCUT2D eigenvalue weighted by Gasteiger charge is 2.12. The lowest BCUT2D eigenvalue weighted by atomic mass is 10.1. The first-order chi connectivity index (χ1) is 13.7. The first-order valence-electron chi connectivity index (χ1n) is 10.3. The van der Waals surface area contributed by atoms with Gasteiger partial charge in [0.25, 0.3) is 5.91 Å². The summed E-state index contributed by atoms with van der Waals surface area (Å²) >= 11 is 0. The molecule has 0 aromatic heterocycles. The molecule has 0 spiro atoms. The third-order valence-electron chi connectivity index (χ3n) is 5.16. The highest BCUT2D eigenvalue weighted by molar-refractivity contribution is 6.04. The molecular weight excluding hydrogens is 353 g/mol. The minimum atomic E-state index is -0.316. The van der Waals surface area contributed by atoms with Crippen LogP contribution >= 0.6 is 0 Å². The number of benzene rings is 2. The van der Waals surface area contributed by atoms with Crippen molar-refractivity contribution in [3.8, 4) is 0 Å². The van der Waals surface area contributed by atoms with Gasteiger partial charge in [0.05, 0.1) is 0 Å². The van der Waals surface area contributed by atoms with Crippen molar-refractivity contribution in [2.75, 3.05) is 36.4 Å². The summed E-state index contributed by atoms with van der Waals surface area (Å²) in [6, 6.07) is 13.4. The van der Waals surface area contributed by atoms with Gasteiger partial charge < -0.3 is 15.5 Å². The van der Waals surface area contributed by atoms with Gasteiger partial charge >= 0.3 is 0 Å². The number of nitrogens with zero attached hydrogens (tertiary/aromatic N) is 1. The SMILES string of the molecule is C1CCNCC1.O=C(Nc1ccc(F)cc1)c1ccc(N2CCCCC2)cc1. The second-order valence-electron chi connectivity index (χ2n) is 7.37. The van der Waals surface area contributed by atoms with Crippen molar-refractivity contribution in [3.05, 3.63) is 59.9 Å². The van der Waals surface area contributed by atoms with E-state index in [1.807, 2.05) is 24.3 Å². The van der Waals surface area contributed by atoms with E-state index in [0.29, 0.717) is 11.3 Å². The van der Waals surface area contributed by atoms with Crippen LogP contribution in [0.4, 0.5) is 15.8 Å². The fraction of sp³-hybridized carbons (Fsp3) is 0.435. The van der Waals surface area contributed by atoms with Crippen LogP contribution in [0.5, 0.6) is 0 Å². The number of rotatable bonds is 3. The number of hydrogen-bond acceptors (Lipinski definition) is 3. The summed E-state index contributed by atoms with van der Waals surface area (Å²) in [6.45, 7) is 4.67. The second-order valence-corrected chi connectivity index (χ2v) is 7.37. The Hall–Kier alpha value is -2.40. The Morgan fingerprint density at radius 1 is 0.821 bits per heavy atom. The van der Waals surface area contributed by atoms with Crippen LogP contribution < -0.4 is 15.5 Å². The average Bonchev–Trinajstić information content (AvgIpc) is 2.78. The van der Waals surface area contributed by atoms with Gasteiger partial charge in [-0.1, -0.05) is 6.42 Å². The van der Waals surface area contributed by atoms with E-state index in [4.69, 9.17) is 0 Å². The molecule has 2 fully saturated rings. The Balaban J connectivity index is 0.000000320. The van der Waals surface area contributed by atoms with E-state index >= 15 is 0 Å². The maximum atomic E-state index is 12.9. The van der Waals surface area contributed by atoms with Crippen molar-refractivity contribution in [1.29, 1.82) is 0 Å². The minimum absolute atomic E-state index is 0.184. The molecule has 0 bridgehead atoms. The van der Waals surface area contributed by atoms with Gasteiger partial charge in [-0.15, -0.1) is 0 Å². The van der Waals surface area contributed by atoms with Crippen molar-refractivity contribution in [1.82, 2.24) is 5.32 Å². The maximum absolute atomic E-state index is 12.9. The summed E-state index contributed by atoms with van der Waals surface area (Å²) in [5.74, 6) is -0.499. The van der Waals surface area contributed by atoms with E-state index in [2.05, 4.69) is 15.5 Å². The molecule has 0 aliphatic carbocycles. The molecule has 2 aromatic rings. The van der Waals surface area contributed by atoms with Gasteiger partial charge in [-0.25, -0.2) is 4.39 Å². The first-order valence-corrected chi connectivity index (χ1v) is 10.3. The Morgan fingerprint density at radius 2 is 1.43 bits per heavy atom. The van der Waals surface area contributed by atoms with Gasteiger partial charge in [0.2, 0.25) is 0 Å². The fourth-order valence-electron chi connectivity index (χ4n) is 3.51. The van der Waals surface area contributed by atoms with Crippen LogP contribution in [-0.2, 0) is 0 Å². The van der Waals surface area contributed by atoms with Crippen LogP contribution in [0.3, 0.4) is 0 Å². The van der Waals surface area contributed by atoms with E-state index in [-0.39, 0.29) is 11.7 Å². The summed E-state index contributed by atoms with van der Waals surface area (Å²) in [5, 5.41) is 6.05. The third-order valence-corrected chi connectivity index (χ3v) is 5.16.